The molecular formula is C11H12F3NO2. The van der Waals surface area contributed by atoms with E-state index in [0.29, 0.717) is 0 Å². The average molecular weight is 247 g/mol. The van der Waals surface area contributed by atoms with E-state index in [1.807, 2.05) is 0 Å². The van der Waals surface area contributed by atoms with Crippen LogP contribution in [0.2, 0.25) is 0 Å². The van der Waals surface area contributed by atoms with Crippen LogP contribution in [0, 0.1) is 5.92 Å². The standard InChI is InChI=1S/C11H12F3NO2/c12-11(13,14)9(10(16)17)7-15-6-8-4-2-1-3-5-8/h1-5,9,15H,6-7H2,(H,16,17)/t9-/m0/s1. The summed E-state index contributed by atoms with van der Waals surface area (Å²) in [6, 6.07) is 8.80. The van der Waals surface area contributed by atoms with Crippen molar-refractivity contribution in [1.82, 2.24) is 5.32 Å². The molecule has 1 atom stereocenters. The van der Waals surface area contributed by atoms with Crippen molar-refractivity contribution in [2.24, 2.45) is 5.92 Å². The van der Waals surface area contributed by atoms with Gasteiger partial charge in [-0.2, -0.15) is 13.2 Å². The molecule has 0 aliphatic heterocycles. The van der Waals surface area contributed by atoms with Crippen LogP contribution in [-0.2, 0) is 11.3 Å². The molecule has 0 bridgehead atoms. The van der Waals surface area contributed by atoms with Crippen molar-refractivity contribution in [2.75, 3.05) is 6.54 Å². The van der Waals surface area contributed by atoms with Gasteiger partial charge in [0.25, 0.3) is 0 Å². The molecule has 0 aliphatic rings. The molecule has 6 heteroatoms. The highest BCUT2D eigenvalue weighted by Crippen LogP contribution is 2.25. The Balaban J connectivity index is 2.46. The molecular weight excluding hydrogens is 235 g/mol. The number of hydrogen-bond acceptors (Lipinski definition) is 2. The first-order chi connectivity index (χ1) is 7.91. The largest absolute Gasteiger partial charge is 0.481 e. The van der Waals surface area contributed by atoms with Gasteiger partial charge in [-0.25, -0.2) is 0 Å². The van der Waals surface area contributed by atoms with Gasteiger partial charge in [-0.15, -0.1) is 0 Å². The van der Waals surface area contributed by atoms with Crippen LogP contribution in [0.25, 0.3) is 0 Å². The maximum atomic E-state index is 12.3. The Kier molecular flexibility index (Phi) is 4.51. The van der Waals surface area contributed by atoms with Crippen LogP contribution >= 0.6 is 0 Å². The molecule has 0 saturated heterocycles. The minimum atomic E-state index is -4.73. The summed E-state index contributed by atoms with van der Waals surface area (Å²) in [5.41, 5.74) is 0.804. The molecule has 1 rings (SSSR count). The highest BCUT2D eigenvalue weighted by atomic mass is 19.4. The summed E-state index contributed by atoms with van der Waals surface area (Å²) in [4.78, 5) is 10.4. The zero-order chi connectivity index (χ0) is 12.9. The van der Waals surface area contributed by atoms with Crippen LogP contribution in [-0.4, -0.2) is 23.8 Å². The Morgan fingerprint density at radius 2 is 1.88 bits per heavy atom. The number of carboxylic acid groups (broad SMARTS) is 1. The van der Waals surface area contributed by atoms with E-state index in [2.05, 4.69) is 5.32 Å². The number of carboxylic acids is 1. The molecule has 2 N–H and O–H groups in total. The van der Waals surface area contributed by atoms with E-state index < -0.39 is 24.6 Å². The number of benzene rings is 1. The molecule has 0 unspecified atom stereocenters. The van der Waals surface area contributed by atoms with Gasteiger partial charge in [0.15, 0.2) is 5.92 Å². The van der Waals surface area contributed by atoms with Crippen LogP contribution in [0.5, 0.6) is 0 Å². The van der Waals surface area contributed by atoms with Crippen LogP contribution in [0.15, 0.2) is 30.3 Å². The molecule has 94 valence electrons. The molecule has 1 aromatic carbocycles. The fraction of sp³-hybridized carbons (Fsp3) is 0.364. The van der Waals surface area contributed by atoms with Gasteiger partial charge < -0.3 is 10.4 Å². The Labute approximate surface area is 96.3 Å². The number of halogens is 3. The highest BCUT2D eigenvalue weighted by Gasteiger charge is 2.44. The van der Waals surface area contributed by atoms with Gasteiger partial charge in [-0.1, -0.05) is 30.3 Å². The normalized spacial score (nSPS) is 13.4. The third kappa shape index (κ3) is 4.44. The zero-order valence-corrected chi connectivity index (χ0v) is 8.87. The number of rotatable bonds is 5. The third-order valence-corrected chi connectivity index (χ3v) is 2.21. The van der Waals surface area contributed by atoms with E-state index in [1.165, 1.54) is 0 Å². The van der Waals surface area contributed by atoms with Crippen molar-refractivity contribution >= 4 is 5.97 Å². The molecule has 0 aliphatic carbocycles. The monoisotopic (exact) mass is 247 g/mol. The smallest absolute Gasteiger partial charge is 0.403 e. The van der Waals surface area contributed by atoms with Crippen LogP contribution in [0.3, 0.4) is 0 Å². The summed E-state index contributed by atoms with van der Waals surface area (Å²) in [6.45, 7) is -0.422. The van der Waals surface area contributed by atoms with E-state index in [4.69, 9.17) is 5.11 Å². The summed E-state index contributed by atoms with van der Waals surface area (Å²) in [5.74, 6) is -4.23. The summed E-state index contributed by atoms with van der Waals surface area (Å²) in [7, 11) is 0. The number of alkyl halides is 3. The van der Waals surface area contributed by atoms with E-state index in [0.717, 1.165) is 5.56 Å². The predicted octanol–water partition coefficient (Wildman–Crippen LogP) is 2.04. The number of carbonyl (C=O) groups is 1. The molecule has 17 heavy (non-hydrogen) atoms. The second-order valence-corrected chi connectivity index (χ2v) is 3.55. The van der Waals surface area contributed by atoms with Crippen molar-refractivity contribution < 1.29 is 23.1 Å². The topological polar surface area (TPSA) is 49.3 Å². The second kappa shape index (κ2) is 5.67. The lowest BCUT2D eigenvalue weighted by Crippen LogP contribution is -2.38. The molecule has 0 aromatic heterocycles. The number of aliphatic carboxylic acids is 1. The van der Waals surface area contributed by atoms with Gasteiger partial charge in [0.05, 0.1) is 0 Å². The first kappa shape index (κ1) is 13.5. The Bertz CT molecular complexity index is 365. The first-order valence-corrected chi connectivity index (χ1v) is 4.95. The quantitative estimate of drug-likeness (QED) is 0.837. The van der Waals surface area contributed by atoms with Crippen LogP contribution < -0.4 is 5.32 Å². The lowest BCUT2D eigenvalue weighted by molar-refractivity contribution is -0.192. The second-order valence-electron chi connectivity index (χ2n) is 3.55. The average Bonchev–Trinajstić information content (AvgIpc) is 2.23. The van der Waals surface area contributed by atoms with Crippen molar-refractivity contribution in [2.45, 2.75) is 12.7 Å². The number of hydrogen-bond donors (Lipinski definition) is 2. The van der Waals surface area contributed by atoms with Gasteiger partial charge >= 0.3 is 12.1 Å². The van der Waals surface area contributed by atoms with Crippen molar-refractivity contribution in [1.29, 1.82) is 0 Å². The van der Waals surface area contributed by atoms with Crippen LogP contribution in [0.1, 0.15) is 5.56 Å². The molecule has 0 spiro atoms. The van der Waals surface area contributed by atoms with Crippen molar-refractivity contribution in [3.63, 3.8) is 0 Å². The SMILES string of the molecule is O=C(O)[C@H](CNCc1ccccc1)C(F)(F)F. The highest BCUT2D eigenvalue weighted by molar-refractivity contribution is 5.71. The van der Waals surface area contributed by atoms with Gasteiger partial charge in [0.2, 0.25) is 0 Å². The maximum Gasteiger partial charge on any atom is 0.403 e. The lowest BCUT2D eigenvalue weighted by Gasteiger charge is -2.16. The van der Waals surface area contributed by atoms with Gasteiger partial charge in [0.1, 0.15) is 0 Å². The van der Waals surface area contributed by atoms with Crippen LogP contribution in [0.4, 0.5) is 13.2 Å². The molecule has 0 heterocycles. The number of nitrogens with one attached hydrogen (secondary N) is 1. The fourth-order valence-electron chi connectivity index (χ4n) is 1.30. The van der Waals surface area contributed by atoms with Gasteiger partial charge in [-0.05, 0) is 5.56 Å². The van der Waals surface area contributed by atoms with Crippen molar-refractivity contribution in [3.05, 3.63) is 35.9 Å². The molecule has 3 nitrogen and oxygen atoms in total. The van der Waals surface area contributed by atoms with E-state index in [9.17, 15) is 18.0 Å². The Morgan fingerprint density at radius 3 is 2.35 bits per heavy atom. The summed E-state index contributed by atoms with van der Waals surface area (Å²) >= 11 is 0. The first-order valence-electron chi connectivity index (χ1n) is 4.95. The lowest BCUT2D eigenvalue weighted by atomic mass is 10.1. The molecule has 0 fully saturated rings. The van der Waals surface area contributed by atoms with Gasteiger partial charge in [0, 0.05) is 13.1 Å². The summed E-state index contributed by atoms with van der Waals surface area (Å²) in [6.07, 6.45) is -4.73. The Morgan fingerprint density at radius 1 is 1.29 bits per heavy atom. The summed E-state index contributed by atoms with van der Waals surface area (Å²) in [5, 5.41) is 10.9. The fourth-order valence-corrected chi connectivity index (χ4v) is 1.30. The predicted molar refractivity (Wildman–Crippen MR) is 55.3 cm³/mol. The third-order valence-electron chi connectivity index (χ3n) is 2.21. The van der Waals surface area contributed by atoms with E-state index in [-0.39, 0.29) is 6.54 Å². The van der Waals surface area contributed by atoms with Crippen molar-refractivity contribution in [3.8, 4) is 0 Å². The molecule has 0 amide bonds. The van der Waals surface area contributed by atoms with Gasteiger partial charge in [-0.3, -0.25) is 4.79 Å². The maximum absolute atomic E-state index is 12.3. The minimum Gasteiger partial charge on any atom is -0.481 e. The molecule has 1 aromatic rings. The molecule has 0 radical (unpaired) electrons. The summed E-state index contributed by atoms with van der Waals surface area (Å²) < 4.78 is 36.8. The molecule has 0 saturated carbocycles. The minimum absolute atomic E-state index is 0.209. The Hall–Kier alpha value is -1.56. The van der Waals surface area contributed by atoms with E-state index in [1.54, 1.807) is 30.3 Å². The zero-order valence-electron chi connectivity index (χ0n) is 8.87. The van der Waals surface area contributed by atoms with E-state index >= 15 is 0 Å².